The minimum Gasteiger partial charge on any atom is -0.481 e. The molecule has 0 aromatic heterocycles. The van der Waals surface area contributed by atoms with Crippen LogP contribution in [0.25, 0.3) is 11.1 Å². The molecule has 2 aromatic carbocycles. The van der Waals surface area contributed by atoms with Crippen LogP contribution >= 0.6 is 11.6 Å². The summed E-state index contributed by atoms with van der Waals surface area (Å²) in [6.45, 7) is 3.06. The summed E-state index contributed by atoms with van der Waals surface area (Å²) in [6, 6.07) is 11.1. The summed E-state index contributed by atoms with van der Waals surface area (Å²) >= 11 is 5.93. The molecule has 4 nitrogen and oxygen atoms in total. The summed E-state index contributed by atoms with van der Waals surface area (Å²) in [4.78, 5) is 11.6. The number of aliphatic carboxylic acids is 1. The fraction of sp³-hybridized carbons (Fsp3) is 0.286. The predicted octanol–water partition coefficient (Wildman–Crippen LogP) is 4.05. The van der Waals surface area contributed by atoms with Gasteiger partial charge in [-0.1, -0.05) is 41.9 Å². The van der Waals surface area contributed by atoms with Gasteiger partial charge in [0.05, 0.1) is 12.0 Å². The fourth-order valence-electron chi connectivity index (χ4n) is 3.15. The van der Waals surface area contributed by atoms with Gasteiger partial charge in [0.2, 0.25) is 0 Å². The first-order valence-electron chi connectivity index (χ1n) is 8.56. The maximum Gasteiger partial charge on any atom is 0.312 e. The molecule has 0 radical (unpaired) electrons. The molecule has 0 heterocycles. The van der Waals surface area contributed by atoms with Gasteiger partial charge in [0.1, 0.15) is 5.82 Å². The average Bonchev–Trinajstić information content (AvgIpc) is 2.63. The number of benzene rings is 2. The highest BCUT2D eigenvalue weighted by molar-refractivity contribution is 6.30. The molecule has 6 heteroatoms. The van der Waals surface area contributed by atoms with Crippen molar-refractivity contribution in [3.63, 3.8) is 0 Å². The van der Waals surface area contributed by atoms with Gasteiger partial charge in [-0.05, 0) is 48.6 Å². The van der Waals surface area contributed by atoms with E-state index in [0.29, 0.717) is 22.6 Å². The molecule has 0 aliphatic rings. The molecule has 0 amide bonds. The Labute approximate surface area is 163 Å². The van der Waals surface area contributed by atoms with Crippen LogP contribution in [-0.4, -0.2) is 28.8 Å². The number of carbonyl (C=O) groups is 1. The van der Waals surface area contributed by atoms with Crippen LogP contribution in [0.3, 0.4) is 0 Å². The third-order valence-electron chi connectivity index (χ3n) is 4.64. The lowest BCUT2D eigenvalue weighted by atomic mass is 9.78. The van der Waals surface area contributed by atoms with Crippen LogP contribution in [0.15, 0.2) is 55.1 Å². The zero-order valence-electron chi connectivity index (χ0n) is 14.9. The molecular formula is C21H23ClFNO3. The van der Waals surface area contributed by atoms with E-state index in [9.17, 15) is 19.4 Å². The molecule has 0 saturated carbocycles. The molecule has 2 rings (SSSR count). The number of carboxylic acid groups (broad SMARTS) is 1. The summed E-state index contributed by atoms with van der Waals surface area (Å²) in [7, 11) is 0. The van der Waals surface area contributed by atoms with Crippen molar-refractivity contribution in [3.05, 3.63) is 71.5 Å². The number of hydrogen-bond acceptors (Lipinski definition) is 3. The second-order valence-electron chi connectivity index (χ2n) is 6.73. The Morgan fingerprint density at radius 1 is 1.30 bits per heavy atom. The standard InChI is InChI=1S/C21H23ClFNO3/c1-2-9-21(13-25,20(26)27)12-17(24)10-14-3-5-15(6-4-14)18-11-16(22)7-8-19(18)23/h2-8,11,17,25H,1,9-10,12-13,24H2,(H,26,27). The molecule has 144 valence electrons. The quantitative estimate of drug-likeness (QED) is 0.563. The topological polar surface area (TPSA) is 83.5 Å². The Morgan fingerprint density at radius 2 is 1.96 bits per heavy atom. The number of nitrogens with two attached hydrogens (primary N) is 1. The first-order valence-corrected chi connectivity index (χ1v) is 8.94. The zero-order valence-corrected chi connectivity index (χ0v) is 15.6. The molecule has 0 aliphatic heterocycles. The van der Waals surface area contributed by atoms with Crippen molar-refractivity contribution in [1.29, 1.82) is 0 Å². The van der Waals surface area contributed by atoms with Gasteiger partial charge < -0.3 is 15.9 Å². The van der Waals surface area contributed by atoms with Gasteiger partial charge in [0.15, 0.2) is 0 Å². The molecule has 4 N–H and O–H groups in total. The average molecular weight is 392 g/mol. The van der Waals surface area contributed by atoms with Gasteiger partial charge in [-0.25, -0.2) is 4.39 Å². The number of rotatable bonds is 9. The Morgan fingerprint density at radius 3 is 2.52 bits per heavy atom. The smallest absolute Gasteiger partial charge is 0.312 e. The monoisotopic (exact) mass is 391 g/mol. The second kappa shape index (κ2) is 9.13. The number of allylic oxidation sites excluding steroid dienone is 1. The highest BCUT2D eigenvalue weighted by atomic mass is 35.5. The number of carboxylic acids is 1. The highest BCUT2D eigenvalue weighted by Crippen LogP contribution is 2.30. The molecule has 0 bridgehead atoms. The van der Waals surface area contributed by atoms with E-state index in [1.807, 2.05) is 12.1 Å². The minimum atomic E-state index is -1.33. The van der Waals surface area contributed by atoms with Crippen molar-refractivity contribution < 1.29 is 19.4 Å². The Bertz CT molecular complexity index is 810. The van der Waals surface area contributed by atoms with E-state index in [0.717, 1.165) is 5.56 Å². The van der Waals surface area contributed by atoms with Crippen LogP contribution in [0.1, 0.15) is 18.4 Å². The molecule has 2 unspecified atom stereocenters. The number of aliphatic hydroxyl groups is 1. The van der Waals surface area contributed by atoms with E-state index in [2.05, 4.69) is 6.58 Å². The van der Waals surface area contributed by atoms with Gasteiger partial charge in [-0.3, -0.25) is 4.79 Å². The zero-order chi connectivity index (χ0) is 20.0. The highest BCUT2D eigenvalue weighted by Gasteiger charge is 2.38. The van der Waals surface area contributed by atoms with Crippen LogP contribution in [0.4, 0.5) is 4.39 Å². The summed E-state index contributed by atoms with van der Waals surface area (Å²) in [6.07, 6.45) is 2.17. The van der Waals surface area contributed by atoms with Crippen molar-refractivity contribution >= 4 is 17.6 Å². The van der Waals surface area contributed by atoms with Gasteiger partial charge in [0.25, 0.3) is 0 Å². The third-order valence-corrected chi connectivity index (χ3v) is 4.87. The lowest BCUT2D eigenvalue weighted by Gasteiger charge is -2.29. The summed E-state index contributed by atoms with van der Waals surface area (Å²) in [5.74, 6) is -1.45. The van der Waals surface area contributed by atoms with E-state index in [4.69, 9.17) is 17.3 Å². The maximum absolute atomic E-state index is 14.0. The predicted molar refractivity (Wildman–Crippen MR) is 105 cm³/mol. The van der Waals surface area contributed by atoms with Crippen LogP contribution in [-0.2, 0) is 11.2 Å². The summed E-state index contributed by atoms with van der Waals surface area (Å²) < 4.78 is 14.0. The molecule has 0 saturated heterocycles. The van der Waals surface area contributed by atoms with Gasteiger partial charge in [-0.2, -0.15) is 0 Å². The molecule has 0 fully saturated rings. The summed E-state index contributed by atoms with van der Waals surface area (Å²) in [5, 5.41) is 19.5. The van der Waals surface area contributed by atoms with Crippen LogP contribution in [0.5, 0.6) is 0 Å². The van der Waals surface area contributed by atoms with Gasteiger partial charge in [-0.15, -0.1) is 6.58 Å². The van der Waals surface area contributed by atoms with Gasteiger partial charge >= 0.3 is 5.97 Å². The molecule has 2 atom stereocenters. The van der Waals surface area contributed by atoms with Crippen LogP contribution in [0, 0.1) is 11.2 Å². The van der Waals surface area contributed by atoms with Crippen LogP contribution < -0.4 is 5.73 Å². The largest absolute Gasteiger partial charge is 0.481 e. The lowest BCUT2D eigenvalue weighted by molar-refractivity contribution is -0.152. The van der Waals surface area contributed by atoms with Crippen molar-refractivity contribution in [1.82, 2.24) is 0 Å². The van der Waals surface area contributed by atoms with Crippen molar-refractivity contribution in [2.24, 2.45) is 11.1 Å². The Balaban J connectivity index is 2.12. The fourth-order valence-corrected chi connectivity index (χ4v) is 3.32. The Hall–Kier alpha value is -2.21. The number of aliphatic hydroxyl groups excluding tert-OH is 1. The van der Waals surface area contributed by atoms with Gasteiger partial charge in [0, 0.05) is 16.6 Å². The first-order chi connectivity index (χ1) is 12.8. The summed E-state index contributed by atoms with van der Waals surface area (Å²) in [5.41, 5.74) is 6.81. The van der Waals surface area contributed by atoms with Crippen molar-refractivity contribution in [3.8, 4) is 11.1 Å². The molecule has 27 heavy (non-hydrogen) atoms. The first kappa shape index (κ1) is 21.1. The number of halogens is 2. The normalized spacial score (nSPS) is 14.4. The van der Waals surface area contributed by atoms with Crippen LogP contribution in [0.2, 0.25) is 5.02 Å². The number of hydrogen-bond donors (Lipinski definition) is 3. The van der Waals surface area contributed by atoms with E-state index >= 15 is 0 Å². The van der Waals surface area contributed by atoms with Crippen molar-refractivity contribution in [2.45, 2.75) is 25.3 Å². The minimum absolute atomic E-state index is 0.121. The maximum atomic E-state index is 14.0. The van der Waals surface area contributed by atoms with Crippen molar-refractivity contribution in [2.75, 3.05) is 6.61 Å². The van der Waals surface area contributed by atoms with E-state index in [1.54, 1.807) is 18.2 Å². The van der Waals surface area contributed by atoms with E-state index in [-0.39, 0.29) is 18.7 Å². The molecule has 0 spiro atoms. The van der Waals surface area contributed by atoms with E-state index in [1.165, 1.54) is 18.2 Å². The Kier molecular flexibility index (Phi) is 7.13. The third kappa shape index (κ3) is 5.16. The molecular weight excluding hydrogens is 369 g/mol. The second-order valence-corrected chi connectivity index (χ2v) is 7.16. The molecule has 2 aromatic rings. The van der Waals surface area contributed by atoms with E-state index < -0.39 is 24.0 Å². The SMILES string of the molecule is C=CCC(CO)(CC(N)Cc1ccc(-c2cc(Cl)ccc2F)cc1)C(=O)O. The molecule has 0 aliphatic carbocycles. The lowest BCUT2D eigenvalue weighted by Crippen LogP contribution is -2.41.